The van der Waals surface area contributed by atoms with E-state index in [4.69, 9.17) is 0 Å². The van der Waals surface area contributed by atoms with E-state index < -0.39 is 54.7 Å². The summed E-state index contributed by atoms with van der Waals surface area (Å²) in [6.45, 7) is 2.80. The van der Waals surface area contributed by atoms with Gasteiger partial charge in [0, 0.05) is 0 Å². The summed E-state index contributed by atoms with van der Waals surface area (Å²) in [5.41, 5.74) is 0. The normalized spacial score (nSPS) is 15.7. The molecule has 0 bridgehead atoms. The number of carbonyl (C=O) groups excluding carboxylic acids is 3. The molecule has 0 saturated carbocycles. The van der Waals surface area contributed by atoms with Crippen molar-refractivity contribution in [2.75, 3.05) is 7.11 Å². The van der Waals surface area contributed by atoms with Crippen LogP contribution in [0.25, 0.3) is 0 Å². The summed E-state index contributed by atoms with van der Waals surface area (Å²) in [5.74, 6) is -7.11. The van der Waals surface area contributed by atoms with Gasteiger partial charge in [-0.15, -0.1) is 0 Å². The van der Waals surface area contributed by atoms with Crippen molar-refractivity contribution in [3.05, 3.63) is 0 Å². The number of ether oxygens (including phenoxy) is 2. The van der Waals surface area contributed by atoms with Gasteiger partial charge in [0.25, 0.3) is 0 Å². The summed E-state index contributed by atoms with van der Waals surface area (Å²) in [6, 6.07) is -1.69. The zero-order valence-corrected chi connectivity index (χ0v) is 13.5. The molecule has 6 nitrogen and oxygen atoms in total. The van der Waals surface area contributed by atoms with E-state index >= 15 is 0 Å². The molecule has 0 aliphatic rings. The Morgan fingerprint density at radius 1 is 1.04 bits per heavy atom. The number of carbonyl (C=O) groups is 3. The smallest absolute Gasteiger partial charge is 0.469 e. The van der Waals surface area contributed by atoms with Crippen molar-refractivity contribution in [1.82, 2.24) is 5.32 Å². The topological polar surface area (TPSA) is 81.7 Å². The van der Waals surface area contributed by atoms with E-state index in [1.807, 2.05) is 0 Å². The molecule has 12 heteroatoms. The Bertz CT molecular complexity index is 490. The Hall–Kier alpha value is -2.01. The molecule has 0 spiro atoms. The maximum atomic E-state index is 12.4. The third-order valence-electron chi connectivity index (χ3n) is 3.30. The van der Waals surface area contributed by atoms with Crippen molar-refractivity contribution >= 4 is 17.8 Å². The first-order valence-corrected chi connectivity index (χ1v) is 6.96. The van der Waals surface area contributed by atoms with Crippen LogP contribution in [-0.4, -0.2) is 49.5 Å². The summed E-state index contributed by atoms with van der Waals surface area (Å²) < 4.78 is 82.8. The van der Waals surface area contributed by atoms with Crippen molar-refractivity contribution in [3.8, 4) is 0 Å². The summed E-state index contributed by atoms with van der Waals surface area (Å²) in [7, 11) is 0.886. The number of rotatable bonds is 7. The molecule has 0 rings (SSSR count). The Morgan fingerprint density at radius 3 is 1.92 bits per heavy atom. The van der Waals surface area contributed by atoms with Crippen molar-refractivity contribution in [2.24, 2.45) is 5.92 Å². The lowest BCUT2D eigenvalue weighted by Gasteiger charge is -2.31. The predicted molar refractivity (Wildman–Crippen MR) is 70.0 cm³/mol. The molecule has 1 amide bonds. The number of halogens is 6. The van der Waals surface area contributed by atoms with Crippen molar-refractivity contribution in [1.29, 1.82) is 0 Å². The van der Waals surface area contributed by atoms with Crippen LogP contribution in [0.2, 0.25) is 0 Å². The van der Waals surface area contributed by atoms with E-state index in [1.54, 1.807) is 0 Å². The SMILES string of the molecule is CC[C@H](C)[C@H](NC(=O)C(F)(F)F)[C@@H](CC(=O)OC)OC(=O)C(F)(F)F. The van der Waals surface area contributed by atoms with E-state index in [2.05, 4.69) is 9.47 Å². The number of esters is 2. The standard InChI is InChI=1S/C13H17F6NO5/c1-4-6(2)9(20-10(22)12(14,15)16)7(5-8(21)24-3)25-11(23)13(17,18)19/h6-7,9H,4-5H2,1-3H3,(H,20,22)/t6-,7+,9-/m0/s1. The zero-order valence-electron chi connectivity index (χ0n) is 13.5. The lowest BCUT2D eigenvalue weighted by Crippen LogP contribution is -2.53. The average Bonchev–Trinajstić information content (AvgIpc) is 2.48. The van der Waals surface area contributed by atoms with E-state index in [1.165, 1.54) is 19.2 Å². The number of amides is 1. The van der Waals surface area contributed by atoms with Crippen LogP contribution in [0.5, 0.6) is 0 Å². The van der Waals surface area contributed by atoms with E-state index in [9.17, 15) is 40.7 Å². The highest BCUT2D eigenvalue weighted by molar-refractivity contribution is 5.82. The third-order valence-corrected chi connectivity index (χ3v) is 3.30. The molecular weight excluding hydrogens is 364 g/mol. The largest absolute Gasteiger partial charge is 0.490 e. The molecule has 146 valence electrons. The molecule has 0 aromatic carbocycles. The van der Waals surface area contributed by atoms with Gasteiger partial charge in [-0.2, -0.15) is 26.3 Å². The summed E-state index contributed by atoms with van der Waals surface area (Å²) >= 11 is 0. The number of hydrogen-bond donors (Lipinski definition) is 1. The first-order valence-electron chi connectivity index (χ1n) is 6.96. The number of methoxy groups -OCH3 is 1. The molecule has 0 aromatic rings. The van der Waals surface area contributed by atoms with Gasteiger partial charge < -0.3 is 14.8 Å². The second-order valence-corrected chi connectivity index (χ2v) is 5.10. The molecule has 0 radical (unpaired) electrons. The van der Waals surface area contributed by atoms with Crippen molar-refractivity contribution < 1.29 is 50.2 Å². The van der Waals surface area contributed by atoms with Crippen LogP contribution in [0.4, 0.5) is 26.3 Å². The van der Waals surface area contributed by atoms with Gasteiger partial charge in [0.1, 0.15) is 6.10 Å². The van der Waals surface area contributed by atoms with Gasteiger partial charge in [-0.3, -0.25) is 9.59 Å². The van der Waals surface area contributed by atoms with Crippen LogP contribution in [0.15, 0.2) is 0 Å². The maximum absolute atomic E-state index is 12.4. The number of alkyl halides is 6. The number of nitrogens with one attached hydrogen (secondary N) is 1. The first-order chi connectivity index (χ1) is 11.2. The lowest BCUT2D eigenvalue weighted by atomic mass is 9.92. The Labute approximate surface area is 138 Å². The molecule has 0 fully saturated rings. The first kappa shape index (κ1) is 23.0. The van der Waals surface area contributed by atoms with Crippen LogP contribution < -0.4 is 5.32 Å². The lowest BCUT2D eigenvalue weighted by molar-refractivity contribution is -0.208. The van der Waals surface area contributed by atoms with Gasteiger partial charge in [0.15, 0.2) is 0 Å². The molecule has 3 atom stereocenters. The fraction of sp³-hybridized carbons (Fsp3) is 0.769. The number of hydrogen-bond acceptors (Lipinski definition) is 5. The van der Waals surface area contributed by atoms with Crippen molar-refractivity contribution in [2.45, 2.75) is 51.2 Å². The molecule has 0 aromatic heterocycles. The third kappa shape index (κ3) is 7.61. The molecule has 0 aliphatic heterocycles. The average molecular weight is 381 g/mol. The summed E-state index contributed by atoms with van der Waals surface area (Å²) in [4.78, 5) is 33.5. The van der Waals surface area contributed by atoms with Crippen LogP contribution >= 0.6 is 0 Å². The predicted octanol–water partition coefficient (Wildman–Crippen LogP) is 2.12. The Balaban J connectivity index is 5.61. The molecule has 1 N–H and O–H groups in total. The van der Waals surface area contributed by atoms with Crippen LogP contribution in [0.3, 0.4) is 0 Å². The maximum Gasteiger partial charge on any atom is 0.490 e. The quantitative estimate of drug-likeness (QED) is 0.540. The second kappa shape index (κ2) is 8.90. The van der Waals surface area contributed by atoms with Gasteiger partial charge in [-0.1, -0.05) is 20.3 Å². The molecular formula is C13H17F6NO5. The fourth-order valence-electron chi connectivity index (χ4n) is 1.78. The van der Waals surface area contributed by atoms with Crippen LogP contribution in [-0.2, 0) is 23.9 Å². The molecule has 0 aliphatic carbocycles. The van der Waals surface area contributed by atoms with E-state index in [0.717, 1.165) is 7.11 Å². The van der Waals surface area contributed by atoms with Gasteiger partial charge in [0.05, 0.1) is 19.6 Å². The highest BCUT2D eigenvalue weighted by Gasteiger charge is 2.46. The van der Waals surface area contributed by atoms with Crippen LogP contribution in [0, 0.1) is 5.92 Å². The summed E-state index contributed by atoms with van der Waals surface area (Å²) in [5, 5.41) is 1.48. The van der Waals surface area contributed by atoms with Gasteiger partial charge >= 0.3 is 30.2 Å². The molecule has 0 unspecified atom stereocenters. The van der Waals surface area contributed by atoms with E-state index in [0.29, 0.717) is 0 Å². The zero-order chi connectivity index (χ0) is 20.0. The van der Waals surface area contributed by atoms with Gasteiger partial charge in [-0.05, 0) is 5.92 Å². The molecule has 0 heterocycles. The molecule has 0 saturated heterocycles. The highest BCUT2D eigenvalue weighted by Crippen LogP contribution is 2.24. The van der Waals surface area contributed by atoms with Crippen molar-refractivity contribution in [3.63, 3.8) is 0 Å². The second-order valence-electron chi connectivity index (χ2n) is 5.10. The minimum absolute atomic E-state index is 0.115. The minimum Gasteiger partial charge on any atom is -0.469 e. The summed E-state index contributed by atoms with van der Waals surface area (Å²) in [6.07, 6.45) is -13.6. The monoisotopic (exact) mass is 381 g/mol. The Morgan fingerprint density at radius 2 is 1.56 bits per heavy atom. The highest BCUT2D eigenvalue weighted by atomic mass is 19.4. The Kier molecular flexibility index (Phi) is 8.19. The van der Waals surface area contributed by atoms with Gasteiger partial charge in [-0.25, -0.2) is 4.79 Å². The minimum atomic E-state index is -5.43. The fourth-order valence-corrected chi connectivity index (χ4v) is 1.78. The van der Waals surface area contributed by atoms with E-state index in [-0.39, 0.29) is 6.42 Å². The van der Waals surface area contributed by atoms with Gasteiger partial charge in [0.2, 0.25) is 0 Å². The molecule has 25 heavy (non-hydrogen) atoms. The van der Waals surface area contributed by atoms with Crippen LogP contribution in [0.1, 0.15) is 26.7 Å².